The van der Waals surface area contributed by atoms with Crippen LogP contribution in [0.4, 0.5) is 0 Å². The van der Waals surface area contributed by atoms with Gasteiger partial charge in [-0.05, 0) is 26.8 Å². The molecule has 2 rings (SSSR count). The Morgan fingerprint density at radius 3 is 2.88 bits per heavy atom. The molecule has 0 bridgehead atoms. The normalized spacial score (nSPS) is 23.9. The van der Waals surface area contributed by atoms with E-state index in [1.54, 1.807) is 13.8 Å². The molecule has 0 spiro atoms. The van der Waals surface area contributed by atoms with Crippen molar-refractivity contribution >= 4 is 5.91 Å². The molecule has 2 heterocycles. The summed E-state index contributed by atoms with van der Waals surface area (Å²) < 4.78 is 0. The van der Waals surface area contributed by atoms with Gasteiger partial charge >= 0.3 is 0 Å². The van der Waals surface area contributed by atoms with Gasteiger partial charge in [0.1, 0.15) is 0 Å². The van der Waals surface area contributed by atoms with Gasteiger partial charge in [-0.2, -0.15) is 5.10 Å². The van der Waals surface area contributed by atoms with Crippen molar-refractivity contribution in [1.29, 1.82) is 0 Å². The topological polar surface area (TPSA) is 90.0 Å². The number of β-amino-alcohol motifs (C(OH)–C–C–N with tert-alkyl or cyclic N) is 1. The molecule has 1 fully saturated rings. The molecule has 0 aromatic carbocycles. The number of nitrogens with zero attached hydrogens (tertiary/aromatic N) is 1. The van der Waals surface area contributed by atoms with Crippen molar-refractivity contribution in [3.05, 3.63) is 17.0 Å². The number of aryl methyl sites for hydroxylation is 2. The highest BCUT2D eigenvalue weighted by Gasteiger charge is 2.31. The lowest BCUT2D eigenvalue weighted by Crippen LogP contribution is -2.44. The van der Waals surface area contributed by atoms with E-state index in [1.165, 1.54) is 0 Å². The minimum absolute atomic E-state index is 0.186. The highest BCUT2D eigenvalue weighted by Crippen LogP contribution is 2.14. The van der Waals surface area contributed by atoms with Crippen LogP contribution in [0.1, 0.15) is 28.2 Å². The third-order valence-electron chi connectivity index (χ3n) is 3.15. The Bertz CT molecular complexity index is 402. The van der Waals surface area contributed by atoms with Crippen LogP contribution in [0.5, 0.6) is 0 Å². The monoisotopic (exact) mass is 238 g/mol. The Morgan fingerprint density at radius 2 is 2.35 bits per heavy atom. The molecule has 6 heteroatoms. The first-order chi connectivity index (χ1) is 8.02. The van der Waals surface area contributed by atoms with Gasteiger partial charge in [-0.25, -0.2) is 0 Å². The number of amides is 1. The fourth-order valence-corrected chi connectivity index (χ4v) is 2.10. The minimum atomic E-state index is -0.818. The van der Waals surface area contributed by atoms with Crippen LogP contribution in [0.2, 0.25) is 0 Å². The Balaban J connectivity index is 1.98. The lowest BCUT2D eigenvalue weighted by molar-refractivity contribution is 0.0561. The standard InChI is InChI=1S/C11H18N4O2/c1-7-9(8(2)15-14-7)10(16)13-6-11(17)3-4-12-5-11/h12,17H,3-6H2,1-2H3,(H,13,16)(H,14,15). The summed E-state index contributed by atoms with van der Waals surface area (Å²) >= 11 is 0. The van der Waals surface area contributed by atoms with Crippen molar-refractivity contribution in [2.45, 2.75) is 25.9 Å². The van der Waals surface area contributed by atoms with Crippen LogP contribution < -0.4 is 10.6 Å². The second-order valence-electron chi connectivity index (χ2n) is 4.64. The Morgan fingerprint density at radius 1 is 1.59 bits per heavy atom. The number of aromatic nitrogens is 2. The Kier molecular flexibility index (Phi) is 3.17. The summed E-state index contributed by atoms with van der Waals surface area (Å²) in [5, 5.41) is 22.7. The molecule has 1 aliphatic heterocycles. The summed E-state index contributed by atoms with van der Waals surface area (Å²) in [6.07, 6.45) is 0.663. The van der Waals surface area contributed by atoms with Gasteiger partial charge in [-0.15, -0.1) is 0 Å². The molecule has 1 saturated heterocycles. The fraction of sp³-hybridized carbons (Fsp3) is 0.636. The van der Waals surface area contributed by atoms with Gasteiger partial charge in [0.05, 0.1) is 16.9 Å². The molecule has 1 atom stereocenters. The van der Waals surface area contributed by atoms with Gasteiger partial charge in [-0.3, -0.25) is 9.89 Å². The SMILES string of the molecule is Cc1n[nH]c(C)c1C(=O)NCC1(O)CCNC1. The van der Waals surface area contributed by atoms with E-state index in [2.05, 4.69) is 20.8 Å². The van der Waals surface area contributed by atoms with Gasteiger partial charge in [0.15, 0.2) is 0 Å². The third-order valence-corrected chi connectivity index (χ3v) is 3.15. The summed E-state index contributed by atoms with van der Waals surface area (Å²) in [6, 6.07) is 0. The van der Waals surface area contributed by atoms with E-state index in [9.17, 15) is 9.90 Å². The molecule has 1 unspecified atom stereocenters. The maximum Gasteiger partial charge on any atom is 0.255 e. The number of hydrogen-bond acceptors (Lipinski definition) is 4. The van der Waals surface area contributed by atoms with Crippen LogP contribution >= 0.6 is 0 Å². The van der Waals surface area contributed by atoms with Gasteiger partial charge in [0.25, 0.3) is 5.91 Å². The van der Waals surface area contributed by atoms with Crippen LogP contribution in [-0.2, 0) is 0 Å². The summed E-state index contributed by atoms with van der Waals surface area (Å²) in [5.41, 5.74) is 1.17. The van der Waals surface area contributed by atoms with E-state index >= 15 is 0 Å². The number of aliphatic hydroxyl groups is 1. The molecule has 1 aromatic rings. The average molecular weight is 238 g/mol. The van der Waals surface area contributed by atoms with E-state index in [0.717, 1.165) is 12.2 Å². The molecule has 1 amide bonds. The van der Waals surface area contributed by atoms with E-state index in [0.29, 0.717) is 24.2 Å². The summed E-state index contributed by atoms with van der Waals surface area (Å²) in [4.78, 5) is 11.9. The van der Waals surface area contributed by atoms with Crippen LogP contribution in [0.25, 0.3) is 0 Å². The number of carbonyl (C=O) groups excluding carboxylic acids is 1. The van der Waals surface area contributed by atoms with Gasteiger partial charge in [-0.1, -0.05) is 0 Å². The zero-order chi connectivity index (χ0) is 12.5. The molecule has 4 N–H and O–H groups in total. The molecule has 0 radical (unpaired) electrons. The van der Waals surface area contributed by atoms with Crippen molar-refractivity contribution in [3.8, 4) is 0 Å². The Hall–Kier alpha value is -1.40. The molecule has 17 heavy (non-hydrogen) atoms. The minimum Gasteiger partial charge on any atom is -0.387 e. The first-order valence-electron chi connectivity index (χ1n) is 5.75. The van der Waals surface area contributed by atoms with E-state index in [4.69, 9.17) is 0 Å². The van der Waals surface area contributed by atoms with E-state index in [-0.39, 0.29) is 12.5 Å². The molecular weight excluding hydrogens is 220 g/mol. The summed E-state index contributed by atoms with van der Waals surface area (Å²) in [7, 11) is 0. The largest absolute Gasteiger partial charge is 0.387 e. The second-order valence-corrected chi connectivity index (χ2v) is 4.64. The fourth-order valence-electron chi connectivity index (χ4n) is 2.10. The quantitative estimate of drug-likeness (QED) is 0.570. The lowest BCUT2D eigenvalue weighted by atomic mass is 10.0. The number of H-pyrrole nitrogens is 1. The van der Waals surface area contributed by atoms with Crippen molar-refractivity contribution in [3.63, 3.8) is 0 Å². The Labute approximate surface area is 99.8 Å². The van der Waals surface area contributed by atoms with Gasteiger partial charge in [0, 0.05) is 18.8 Å². The molecular formula is C11H18N4O2. The summed E-state index contributed by atoms with van der Waals surface area (Å²) in [6.45, 7) is 5.17. The van der Waals surface area contributed by atoms with Gasteiger partial charge in [0.2, 0.25) is 0 Å². The zero-order valence-electron chi connectivity index (χ0n) is 10.1. The van der Waals surface area contributed by atoms with Crippen LogP contribution in [0.3, 0.4) is 0 Å². The van der Waals surface area contributed by atoms with Crippen LogP contribution in [0, 0.1) is 13.8 Å². The predicted octanol–water partition coefficient (Wildman–Crippen LogP) is -0.519. The summed E-state index contributed by atoms with van der Waals surface area (Å²) in [5.74, 6) is -0.186. The lowest BCUT2D eigenvalue weighted by Gasteiger charge is -2.21. The third kappa shape index (κ3) is 2.48. The second kappa shape index (κ2) is 4.46. The van der Waals surface area contributed by atoms with Gasteiger partial charge < -0.3 is 15.7 Å². The molecule has 1 aliphatic rings. The van der Waals surface area contributed by atoms with Crippen LogP contribution in [0.15, 0.2) is 0 Å². The molecule has 94 valence electrons. The molecule has 1 aromatic heterocycles. The number of nitrogens with one attached hydrogen (secondary N) is 3. The van der Waals surface area contributed by atoms with Crippen molar-refractivity contribution in [2.24, 2.45) is 0 Å². The average Bonchev–Trinajstić information content (AvgIpc) is 2.84. The number of aromatic amines is 1. The van der Waals surface area contributed by atoms with Crippen molar-refractivity contribution in [2.75, 3.05) is 19.6 Å². The first-order valence-corrected chi connectivity index (χ1v) is 5.75. The highest BCUT2D eigenvalue weighted by molar-refractivity contribution is 5.96. The zero-order valence-corrected chi connectivity index (χ0v) is 10.1. The first kappa shape index (κ1) is 12.1. The molecule has 6 nitrogen and oxygen atoms in total. The molecule has 0 saturated carbocycles. The van der Waals surface area contributed by atoms with Crippen molar-refractivity contribution in [1.82, 2.24) is 20.8 Å². The molecule has 0 aliphatic carbocycles. The maximum atomic E-state index is 11.9. The number of carbonyl (C=O) groups is 1. The number of hydrogen-bond donors (Lipinski definition) is 4. The highest BCUT2D eigenvalue weighted by atomic mass is 16.3. The maximum absolute atomic E-state index is 11.9. The van der Waals surface area contributed by atoms with E-state index < -0.39 is 5.60 Å². The van der Waals surface area contributed by atoms with Crippen molar-refractivity contribution < 1.29 is 9.90 Å². The van der Waals surface area contributed by atoms with E-state index in [1.807, 2.05) is 0 Å². The smallest absolute Gasteiger partial charge is 0.255 e. The number of rotatable bonds is 3. The predicted molar refractivity (Wildman–Crippen MR) is 62.8 cm³/mol. The van der Waals surface area contributed by atoms with Crippen LogP contribution in [-0.4, -0.2) is 46.4 Å².